The van der Waals surface area contributed by atoms with Gasteiger partial charge in [0.2, 0.25) is 6.10 Å². The molecule has 2 N–H and O–H groups in total. The molecule has 17 heteroatoms. The van der Waals surface area contributed by atoms with Gasteiger partial charge < -0.3 is 39.0 Å². The Morgan fingerprint density at radius 2 is 1.63 bits per heavy atom. The number of ether oxygens (including phenoxy) is 4. The number of likely N-dealkylation sites (N-methyl/N-ethyl adjacent to an activating group) is 1. The lowest BCUT2D eigenvalue weighted by molar-refractivity contribution is -0.387. The smallest absolute Gasteiger partial charge is 0.392 e. The predicted molar refractivity (Wildman–Crippen MR) is 182 cm³/mol. The summed E-state index contributed by atoms with van der Waals surface area (Å²) in [5.41, 5.74) is 0.712. The van der Waals surface area contributed by atoms with Crippen LogP contribution < -0.4 is 18.9 Å². The fraction of sp³-hybridized carbons (Fsp3) is 0.257. The van der Waals surface area contributed by atoms with Gasteiger partial charge in [-0.2, -0.15) is 15.2 Å². The second-order valence-corrected chi connectivity index (χ2v) is 11.6. The Labute approximate surface area is 297 Å². The molecule has 4 aromatic rings. The van der Waals surface area contributed by atoms with E-state index in [-0.39, 0.29) is 40.9 Å². The zero-order chi connectivity index (χ0) is 37.9. The number of nitrogens with zero attached hydrogens (tertiary/aromatic N) is 6. The van der Waals surface area contributed by atoms with E-state index in [0.29, 0.717) is 18.5 Å². The molecule has 1 heterocycles. The first-order chi connectivity index (χ1) is 24.7. The number of amides is 1. The summed E-state index contributed by atoms with van der Waals surface area (Å²) in [6.07, 6.45) is -2.76. The van der Waals surface area contributed by atoms with Crippen molar-refractivity contribution >= 4 is 23.5 Å². The molecule has 0 saturated heterocycles. The number of nitro groups is 1. The van der Waals surface area contributed by atoms with Crippen LogP contribution >= 0.6 is 0 Å². The molecule has 270 valence electrons. The molecule has 0 aliphatic carbocycles. The van der Waals surface area contributed by atoms with Gasteiger partial charge in [-0.05, 0) is 62.0 Å². The first kappa shape index (κ1) is 38.0. The Hall–Kier alpha value is -6.80. The minimum absolute atomic E-state index is 0.0566. The van der Waals surface area contributed by atoms with Gasteiger partial charge in [0.1, 0.15) is 12.4 Å². The van der Waals surface area contributed by atoms with Crippen LogP contribution in [0, 0.1) is 21.4 Å². The van der Waals surface area contributed by atoms with E-state index in [4.69, 9.17) is 18.9 Å². The van der Waals surface area contributed by atoms with E-state index in [0.717, 1.165) is 5.56 Å². The molecule has 3 aromatic carbocycles. The summed E-state index contributed by atoms with van der Waals surface area (Å²) in [4.78, 5) is 59.1. The normalized spacial score (nSPS) is 11.2. The lowest BCUT2D eigenvalue weighted by atomic mass is 10.1. The lowest BCUT2D eigenvalue weighted by Crippen LogP contribution is -2.30. The Kier molecular flexibility index (Phi) is 12.6. The molecule has 1 amide bonds. The molecule has 4 rings (SSSR count). The topological polar surface area (TPSA) is 228 Å². The maximum absolute atomic E-state index is 13.0. The summed E-state index contributed by atoms with van der Waals surface area (Å²) in [6, 6.07) is 19.1. The number of hydrogen-bond acceptors (Lipinski definition) is 13. The third-order valence-corrected chi connectivity index (χ3v) is 7.06. The van der Waals surface area contributed by atoms with Crippen molar-refractivity contribution in [3.63, 3.8) is 0 Å². The van der Waals surface area contributed by atoms with E-state index in [1.807, 2.05) is 55.4 Å². The lowest BCUT2D eigenvalue weighted by Gasteiger charge is -2.17. The number of carboxylic acid groups (broad SMARTS) is 2. The van der Waals surface area contributed by atoms with Crippen molar-refractivity contribution in [2.24, 2.45) is 0 Å². The van der Waals surface area contributed by atoms with Crippen molar-refractivity contribution < 1.29 is 48.5 Å². The van der Waals surface area contributed by atoms with Crippen LogP contribution in [-0.2, 0) is 22.6 Å². The molecule has 0 aliphatic heterocycles. The van der Waals surface area contributed by atoms with Crippen LogP contribution in [0.15, 0.2) is 66.7 Å². The van der Waals surface area contributed by atoms with Crippen molar-refractivity contribution in [3.8, 4) is 41.1 Å². The van der Waals surface area contributed by atoms with Crippen molar-refractivity contribution in [2.75, 3.05) is 34.7 Å². The van der Waals surface area contributed by atoms with Crippen molar-refractivity contribution in [1.82, 2.24) is 19.8 Å². The van der Waals surface area contributed by atoms with Gasteiger partial charge >= 0.3 is 35.4 Å². The summed E-state index contributed by atoms with van der Waals surface area (Å²) in [5, 5.41) is 41.0. The molecule has 52 heavy (non-hydrogen) atoms. The summed E-state index contributed by atoms with van der Waals surface area (Å²) in [7, 11) is 6.82. The summed E-state index contributed by atoms with van der Waals surface area (Å²) in [6.45, 7) is 0.667. The largest absolute Gasteiger partial charge is 0.485 e. The summed E-state index contributed by atoms with van der Waals surface area (Å²) in [5.74, 6) is -5.54. The van der Waals surface area contributed by atoms with E-state index in [9.17, 15) is 40.0 Å². The van der Waals surface area contributed by atoms with Gasteiger partial charge in [0.25, 0.3) is 5.91 Å². The zero-order valence-corrected chi connectivity index (χ0v) is 28.5. The van der Waals surface area contributed by atoms with Crippen molar-refractivity contribution in [3.05, 3.63) is 99.1 Å². The SMILES string of the molecule is CN(C)CCc1cc(Oc2nc(Oc3cc(C#N)ccc3OCc3ccccc3)nc(OC(CC(=O)O)C(=O)O)c2[N+](=O)[O-])cc(C(=O)N(C)C)c1. The number of hydrogen-bond donors (Lipinski definition) is 2. The van der Waals surface area contributed by atoms with Gasteiger partial charge in [0, 0.05) is 32.3 Å². The van der Waals surface area contributed by atoms with E-state index in [1.165, 1.54) is 29.2 Å². The molecular weight excluding hydrogens is 680 g/mol. The van der Waals surface area contributed by atoms with Gasteiger partial charge in [0.15, 0.2) is 11.5 Å². The highest BCUT2D eigenvalue weighted by Gasteiger charge is 2.34. The number of aromatic nitrogens is 2. The highest BCUT2D eigenvalue weighted by molar-refractivity contribution is 5.94. The molecule has 1 unspecified atom stereocenters. The average Bonchev–Trinajstić information content (AvgIpc) is 3.09. The predicted octanol–water partition coefficient (Wildman–Crippen LogP) is 4.53. The number of carbonyl (C=O) groups is 3. The van der Waals surface area contributed by atoms with Crippen LogP contribution in [0.1, 0.15) is 33.5 Å². The maximum atomic E-state index is 13.0. The number of aliphatic carboxylic acids is 2. The molecule has 0 saturated carbocycles. The Morgan fingerprint density at radius 3 is 2.25 bits per heavy atom. The second kappa shape index (κ2) is 17.2. The highest BCUT2D eigenvalue weighted by atomic mass is 16.6. The number of rotatable bonds is 17. The fourth-order valence-electron chi connectivity index (χ4n) is 4.54. The van der Waals surface area contributed by atoms with Crippen LogP contribution in [0.5, 0.6) is 35.0 Å². The number of nitriles is 1. The molecule has 0 radical (unpaired) electrons. The van der Waals surface area contributed by atoms with Gasteiger partial charge in [-0.25, -0.2) is 4.79 Å². The average molecular weight is 715 g/mol. The molecule has 0 aliphatic rings. The maximum Gasteiger partial charge on any atom is 0.392 e. The minimum atomic E-state index is -2.13. The fourth-order valence-corrected chi connectivity index (χ4v) is 4.54. The number of benzene rings is 3. The van der Waals surface area contributed by atoms with Crippen LogP contribution in [0.2, 0.25) is 0 Å². The monoisotopic (exact) mass is 714 g/mol. The summed E-state index contributed by atoms with van der Waals surface area (Å²) < 4.78 is 23.0. The van der Waals surface area contributed by atoms with E-state index < -0.39 is 52.8 Å². The molecule has 1 aromatic heterocycles. The van der Waals surface area contributed by atoms with Crippen LogP contribution in [0.3, 0.4) is 0 Å². The summed E-state index contributed by atoms with van der Waals surface area (Å²) >= 11 is 0. The van der Waals surface area contributed by atoms with Crippen molar-refractivity contribution in [2.45, 2.75) is 25.6 Å². The third kappa shape index (κ3) is 10.4. The van der Waals surface area contributed by atoms with E-state index >= 15 is 0 Å². The molecular formula is C35H34N6O11. The Balaban J connectivity index is 1.87. The van der Waals surface area contributed by atoms with Crippen LogP contribution in [0.4, 0.5) is 5.69 Å². The minimum Gasteiger partial charge on any atom is -0.485 e. The standard InChI is InChI=1S/C35H34N6O11/c1-39(2)13-12-22-14-24(33(44)40(3)4)17-25(15-22)50-31-30(41(47)48)32(51-28(34(45)46)18-29(42)43)38-35(37-31)52-27-16-23(19-36)10-11-26(27)49-20-21-8-6-5-7-9-21/h5-11,14-17,28H,12-13,18,20H2,1-4H3,(H,42,43)(H,45,46). The number of carbonyl (C=O) groups excluding carboxylic acids is 1. The second-order valence-electron chi connectivity index (χ2n) is 11.6. The Bertz CT molecular complexity index is 2000. The van der Waals surface area contributed by atoms with Crippen LogP contribution in [-0.4, -0.2) is 93.6 Å². The van der Waals surface area contributed by atoms with Gasteiger partial charge in [-0.3, -0.25) is 19.7 Å². The van der Waals surface area contributed by atoms with Gasteiger partial charge in [-0.15, -0.1) is 0 Å². The Morgan fingerprint density at radius 1 is 0.923 bits per heavy atom. The first-order valence-electron chi connectivity index (χ1n) is 15.5. The van der Waals surface area contributed by atoms with Crippen molar-refractivity contribution in [1.29, 1.82) is 5.26 Å². The van der Waals surface area contributed by atoms with Gasteiger partial charge in [0.05, 0.1) is 23.0 Å². The quantitative estimate of drug-likeness (QED) is 0.113. The molecule has 0 fully saturated rings. The molecule has 0 spiro atoms. The molecule has 17 nitrogen and oxygen atoms in total. The van der Waals surface area contributed by atoms with Gasteiger partial charge in [-0.1, -0.05) is 30.3 Å². The number of carboxylic acids is 2. The molecule has 0 bridgehead atoms. The first-order valence-corrected chi connectivity index (χ1v) is 15.5. The highest BCUT2D eigenvalue weighted by Crippen LogP contribution is 2.41. The third-order valence-electron chi connectivity index (χ3n) is 7.06. The molecule has 1 atom stereocenters. The zero-order valence-electron chi connectivity index (χ0n) is 28.5. The van der Waals surface area contributed by atoms with E-state index in [2.05, 4.69) is 9.97 Å². The van der Waals surface area contributed by atoms with E-state index in [1.54, 1.807) is 26.2 Å². The van der Waals surface area contributed by atoms with Crippen LogP contribution in [0.25, 0.3) is 0 Å².